The molecule has 3 aromatic rings. The highest BCUT2D eigenvalue weighted by atomic mass is 19.1. The third kappa shape index (κ3) is 4.34. The monoisotopic (exact) mass is 596 g/mol. The van der Waals surface area contributed by atoms with Crippen molar-refractivity contribution in [2.45, 2.75) is 87.9 Å². The number of benzene rings is 3. The highest BCUT2D eigenvalue weighted by Gasteiger charge is 2.55. The number of halogens is 2. The van der Waals surface area contributed by atoms with Crippen molar-refractivity contribution in [1.29, 1.82) is 0 Å². The molecule has 4 nitrogen and oxygen atoms in total. The van der Waals surface area contributed by atoms with Crippen molar-refractivity contribution in [3.05, 3.63) is 71.3 Å². The van der Waals surface area contributed by atoms with E-state index in [0.29, 0.717) is 11.5 Å². The second-order valence-electron chi connectivity index (χ2n) is 15.8. The molecule has 3 aromatic carbocycles. The summed E-state index contributed by atoms with van der Waals surface area (Å²) in [5, 5.41) is 0. The van der Waals surface area contributed by atoms with Crippen LogP contribution in [0.25, 0.3) is 0 Å². The lowest BCUT2D eigenvalue weighted by Gasteiger charge is -2.58. The largest absolute Gasteiger partial charge is 0.455 e. The van der Waals surface area contributed by atoms with Gasteiger partial charge in [0.05, 0.1) is 11.4 Å². The van der Waals surface area contributed by atoms with Crippen LogP contribution in [0.2, 0.25) is 0 Å². The lowest BCUT2D eigenvalue weighted by atomic mass is 9.46. The Kier molecular flexibility index (Phi) is 5.91. The molecule has 4 N–H and O–H groups in total. The maximum atomic E-state index is 14.1. The molecule has 0 aliphatic heterocycles. The summed E-state index contributed by atoms with van der Waals surface area (Å²) < 4.78 is 41.6. The van der Waals surface area contributed by atoms with E-state index in [1.165, 1.54) is 112 Å². The topological polar surface area (TPSA) is 70.5 Å². The Morgan fingerprint density at radius 1 is 0.477 bits per heavy atom. The molecule has 0 saturated heterocycles. The predicted octanol–water partition coefficient (Wildman–Crippen LogP) is 9.65. The maximum Gasteiger partial charge on any atom is 0.150 e. The van der Waals surface area contributed by atoms with Crippen LogP contribution in [-0.4, -0.2) is 0 Å². The van der Waals surface area contributed by atoms with Gasteiger partial charge < -0.3 is 20.9 Å². The summed E-state index contributed by atoms with van der Waals surface area (Å²) in [6, 6.07) is 13.2. The van der Waals surface area contributed by atoms with Gasteiger partial charge in [0.2, 0.25) is 0 Å². The summed E-state index contributed by atoms with van der Waals surface area (Å²) >= 11 is 0. The summed E-state index contributed by atoms with van der Waals surface area (Å²) in [7, 11) is 0. The number of nitrogen functional groups attached to an aromatic ring is 2. The molecule has 230 valence electrons. The van der Waals surface area contributed by atoms with Crippen LogP contribution in [0, 0.1) is 47.1 Å². The van der Waals surface area contributed by atoms with Crippen molar-refractivity contribution in [2.24, 2.45) is 35.5 Å². The Balaban J connectivity index is 1.24. The van der Waals surface area contributed by atoms with E-state index in [2.05, 4.69) is 12.1 Å². The quantitative estimate of drug-likeness (QED) is 0.278. The second kappa shape index (κ2) is 9.61. The highest BCUT2D eigenvalue weighted by Crippen LogP contribution is 2.66. The first-order chi connectivity index (χ1) is 21.2. The molecule has 0 unspecified atom stereocenters. The third-order valence-electron chi connectivity index (χ3n) is 12.7. The highest BCUT2D eigenvalue weighted by molar-refractivity contribution is 5.61. The van der Waals surface area contributed by atoms with Gasteiger partial charge in [-0.2, -0.15) is 0 Å². The lowest BCUT2D eigenvalue weighted by molar-refractivity contribution is -0.00937. The molecule has 0 spiro atoms. The van der Waals surface area contributed by atoms with E-state index in [4.69, 9.17) is 20.9 Å². The first kappa shape index (κ1) is 27.1. The van der Waals surface area contributed by atoms with Crippen LogP contribution in [0.5, 0.6) is 23.0 Å². The Labute approximate surface area is 258 Å². The predicted molar refractivity (Wildman–Crippen MR) is 168 cm³/mol. The van der Waals surface area contributed by atoms with Crippen LogP contribution in [0.4, 0.5) is 20.2 Å². The van der Waals surface area contributed by atoms with Gasteiger partial charge in [-0.05, 0) is 154 Å². The average Bonchev–Trinajstić information content (AvgIpc) is 2.94. The Morgan fingerprint density at radius 2 is 0.818 bits per heavy atom. The minimum absolute atomic E-state index is 0.0589. The molecule has 0 heterocycles. The van der Waals surface area contributed by atoms with Gasteiger partial charge in [-0.3, -0.25) is 0 Å². The van der Waals surface area contributed by atoms with E-state index in [-0.39, 0.29) is 33.8 Å². The zero-order chi connectivity index (χ0) is 29.8. The number of rotatable bonds is 6. The molecule has 8 aliphatic rings. The number of hydrogen-bond donors (Lipinski definition) is 2. The first-order valence-electron chi connectivity index (χ1n) is 16.9. The van der Waals surface area contributed by atoms with Gasteiger partial charge in [0, 0.05) is 29.3 Å². The summed E-state index contributed by atoms with van der Waals surface area (Å²) in [5.41, 5.74) is 15.8. The second-order valence-corrected chi connectivity index (χ2v) is 15.8. The van der Waals surface area contributed by atoms with Gasteiger partial charge in [0.1, 0.15) is 23.1 Å². The summed E-state index contributed by atoms with van der Waals surface area (Å²) in [6.45, 7) is 0. The van der Waals surface area contributed by atoms with E-state index in [1.807, 2.05) is 0 Å². The minimum atomic E-state index is -0.385. The zero-order valence-corrected chi connectivity index (χ0v) is 25.3. The lowest BCUT2D eigenvalue weighted by Crippen LogP contribution is -2.50. The van der Waals surface area contributed by atoms with Crippen molar-refractivity contribution in [2.75, 3.05) is 11.5 Å². The number of anilines is 2. The van der Waals surface area contributed by atoms with Crippen molar-refractivity contribution in [3.8, 4) is 23.0 Å². The van der Waals surface area contributed by atoms with Crippen LogP contribution in [0.15, 0.2) is 48.5 Å². The van der Waals surface area contributed by atoms with Gasteiger partial charge in [0.15, 0.2) is 11.5 Å². The standard InChI is InChI=1S/C38H42F2N2O2/c39-27-1-3-33(31(41)11-27)43-35-14-36(44-34-4-2-28(40)12-32(34)42)30(38-18-24-8-25(19-38)10-26(9-24)20-38)13-29(35)37-15-21-5-22(16-37)7-23(6-21)17-37/h1-4,11-14,21-26H,5-10,15-20,41-42H2. The molecule has 44 heavy (non-hydrogen) atoms. The molecule has 8 saturated carbocycles. The summed E-state index contributed by atoms with van der Waals surface area (Å²) in [6.07, 6.45) is 15.3. The normalized spacial score (nSPS) is 36.1. The molecule has 8 aliphatic carbocycles. The van der Waals surface area contributed by atoms with E-state index < -0.39 is 0 Å². The van der Waals surface area contributed by atoms with Crippen LogP contribution in [-0.2, 0) is 10.8 Å². The SMILES string of the molecule is Nc1cc(F)ccc1Oc1cc(Oc2ccc(F)cc2N)c(C23CC4CC(CC(C4)C2)C3)cc1C12CC3CC(CC(C3)C1)C2. The molecule has 11 rings (SSSR count). The van der Waals surface area contributed by atoms with Gasteiger partial charge in [-0.1, -0.05) is 0 Å². The summed E-state index contributed by atoms with van der Waals surface area (Å²) in [5.74, 6) is 6.22. The van der Waals surface area contributed by atoms with Crippen LogP contribution >= 0.6 is 0 Å². The van der Waals surface area contributed by atoms with Crippen LogP contribution in [0.3, 0.4) is 0 Å². The maximum absolute atomic E-state index is 14.1. The van der Waals surface area contributed by atoms with Crippen LogP contribution < -0.4 is 20.9 Å². The van der Waals surface area contributed by atoms with Crippen LogP contribution in [0.1, 0.15) is 88.2 Å². The molecular weight excluding hydrogens is 554 g/mol. The fourth-order valence-corrected chi connectivity index (χ4v) is 11.9. The number of nitrogens with two attached hydrogens (primary N) is 2. The van der Waals surface area contributed by atoms with Crippen molar-refractivity contribution < 1.29 is 18.3 Å². The fraction of sp³-hybridized carbons (Fsp3) is 0.526. The molecule has 8 bridgehead atoms. The van der Waals surface area contributed by atoms with E-state index in [9.17, 15) is 8.78 Å². The zero-order valence-electron chi connectivity index (χ0n) is 25.3. The first-order valence-corrected chi connectivity index (χ1v) is 16.9. The smallest absolute Gasteiger partial charge is 0.150 e. The number of ether oxygens (including phenoxy) is 2. The average molecular weight is 597 g/mol. The molecule has 8 fully saturated rings. The Morgan fingerprint density at radius 3 is 1.14 bits per heavy atom. The molecule has 0 aromatic heterocycles. The molecule has 0 radical (unpaired) electrons. The van der Waals surface area contributed by atoms with Crippen molar-refractivity contribution in [3.63, 3.8) is 0 Å². The summed E-state index contributed by atoms with van der Waals surface area (Å²) in [4.78, 5) is 0. The van der Waals surface area contributed by atoms with E-state index in [0.717, 1.165) is 47.0 Å². The van der Waals surface area contributed by atoms with E-state index >= 15 is 0 Å². The van der Waals surface area contributed by atoms with Gasteiger partial charge in [-0.25, -0.2) is 8.78 Å². The van der Waals surface area contributed by atoms with Crippen molar-refractivity contribution in [1.82, 2.24) is 0 Å². The Hall–Kier alpha value is -3.28. The van der Waals surface area contributed by atoms with Gasteiger partial charge in [0.25, 0.3) is 0 Å². The molecule has 0 atom stereocenters. The molecule has 0 amide bonds. The molecular formula is C38H42F2N2O2. The van der Waals surface area contributed by atoms with Crippen molar-refractivity contribution >= 4 is 11.4 Å². The van der Waals surface area contributed by atoms with Gasteiger partial charge in [-0.15, -0.1) is 0 Å². The number of hydrogen-bond acceptors (Lipinski definition) is 4. The fourth-order valence-electron chi connectivity index (χ4n) is 11.9. The molecule has 6 heteroatoms. The minimum Gasteiger partial charge on any atom is -0.455 e. The van der Waals surface area contributed by atoms with Gasteiger partial charge >= 0.3 is 0 Å². The third-order valence-corrected chi connectivity index (χ3v) is 12.7. The Bertz CT molecular complexity index is 1460. The van der Waals surface area contributed by atoms with E-state index in [1.54, 1.807) is 12.1 Å².